The van der Waals surface area contributed by atoms with Crippen molar-refractivity contribution in [2.45, 2.75) is 25.4 Å². The summed E-state index contributed by atoms with van der Waals surface area (Å²) in [5.74, 6) is -0.484. The van der Waals surface area contributed by atoms with E-state index in [9.17, 15) is 9.59 Å². The van der Waals surface area contributed by atoms with Gasteiger partial charge in [-0.25, -0.2) is 0 Å². The Balaban J connectivity index is 1.74. The van der Waals surface area contributed by atoms with E-state index in [1.54, 1.807) is 12.1 Å². The molecule has 0 radical (unpaired) electrons. The Bertz CT molecular complexity index is 929. The molecule has 1 unspecified atom stereocenters. The maximum absolute atomic E-state index is 13.0. The summed E-state index contributed by atoms with van der Waals surface area (Å²) in [6.07, 6.45) is 0.409. The van der Waals surface area contributed by atoms with Crippen LogP contribution in [0.1, 0.15) is 33.8 Å². The van der Waals surface area contributed by atoms with Crippen LogP contribution in [-0.4, -0.2) is 17.9 Å². The zero-order valence-corrected chi connectivity index (χ0v) is 17.0. The highest BCUT2D eigenvalue weighted by atomic mass is 35.5. The topological polar surface area (TPSA) is 58.2 Å². The smallest absolute Gasteiger partial charge is 0.262 e. The molecule has 0 saturated heterocycles. The van der Waals surface area contributed by atoms with Gasteiger partial charge in [0, 0.05) is 11.4 Å². The highest BCUT2D eigenvalue weighted by Gasteiger charge is 2.24. The summed E-state index contributed by atoms with van der Waals surface area (Å²) in [7, 11) is 0. The molecular weight excluding hydrogens is 392 g/mol. The van der Waals surface area contributed by atoms with Gasteiger partial charge >= 0.3 is 0 Å². The largest absolute Gasteiger partial charge is 0.348 e. The number of hydrogen-bond acceptors (Lipinski definition) is 3. The number of carbonyl (C=O) groups is 2. The lowest BCUT2D eigenvalue weighted by atomic mass is 10.0. The van der Waals surface area contributed by atoms with Crippen molar-refractivity contribution in [3.63, 3.8) is 0 Å². The molecule has 0 aliphatic carbocycles. The van der Waals surface area contributed by atoms with Crippen molar-refractivity contribution in [3.05, 3.63) is 93.1 Å². The van der Waals surface area contributed by atoms with Gasteiger partial charge in [-0.05, 0) is 41.6 Å². The molecule has 4 nitrogen and oxygen atoms in total. The van der Waals surface area contributed by atoms with E-state index in [-0.39, 0.29) is 17.9 Å². The van der Waals surface area contributed by atoms with Crippen molar-refractivity contribution < 1.29 is 9.59 Å². The summed E-state index contributed by atoms with van der Waals surface area (Å²) in [5.41, 5.74) is 1.88. The number of hydrogen-bond donors (Lipinski definition) is 2. The molecule has 6 heteroatoms. The molecule has 0 spiro atoms. The van der Waals surface area contributed by atoms with Gasteiger partial charge in [0.05, 0.1) is 10.9 Å². The van der Waals surface area contributed by atoms with Gasteiger partial charge in [-0.1, -0.05) is 60.1 Å². The summed E-state index contributed by atoms with van der Waals surface area (Å²) in [4.78, 5) is 26.1. The number of benzene rings is 2. The minimum absolute atomic E-state index is 0.233. The quantitative estimate of drug-likeness (QED) is 0.594. The monoisotopic (exact) mass is 412 g/mol. The fourth-order valence-corrected chi connectivity index (χ4v) is 3.70. The van der Waals surface area contributed by atoms with Gasteiger partial charge in [0.25, 0.3) is 5.91 Å². The Hall–Kier alpha value is -2.63. The first kappa shape index (κ1) is 20.1. The summed E-state index contributed by atoms with van der Waals surface area (Å²) in [6.45, 7) is 1.89. The van der Waals surface area contributed by atoms with E-state index >= 15 is 0 Å². The summed E-state index contributed by atoms with van der Waals surface area (Å²) in [5, 5.41) is 8.31. The van der Waals surface area contributed by atoms with Gasteiger partial charge < -0.3 is 10.6 Å². The molecule has 0 saturated carbocycles. The van der Waals surface area contributed by atoms with Gasteiger partial charge in [0.1, 0.15) is 6.04 Å². The van der Waals surface area contributed by atoms with Crippen LogP contribution in [0.2, 0.25) is 5.02 Å². The minimum atomic E-state index is -0.682. The van der Waals surface area contributed by atoms with Crippen LogP contribution in [0.5, 0.6) is 0 Å². The molecule has 1 aromatic heterocycles. The Labute approximate surface area is 173 Å². The second-order valence-electron chi connectivity index (χ2n) is 6.48. The first-order valence-corrected chi connectivity index (χ1v) is 10.2. The third-order valence-corrected chi connectivity index (χ3v) is 5.46. The first-order chi connectivity index (χ1) is 13.5. The van der Waals surface area contributed by atoms with Gasteiger partial charge in [0.15, 0.2) is 0 Å². The second-order valence-corrected chi connectivity index (χ2v) is 7.86. The van der Waals surface area contributed by atoms with Gasteiger partial charge in [-0.3, -0.25) is 9.59 Å². The number of rotatable bonds is 7. The fourth-order valence-electron chi connectivity index (χ4n) is 2.87. The lowest BCUT2D eigenvalue weighted by Gasteiger charge is -2.22. The molecule has 0 aliphatic rings. The molecule has 144 valence electrons. The Kier molecular flexibility index (Phi) is 6.85. The van der Waals surface area contributed by atoms with Crippen LogP contribution >= 0.6 is 22.9 Å². The number of halogens is 1. The SMILES string of the molecule is CC(NC(=O)[C@H](Cc1ccccc1)NC(=O)c1cccs1)c1cccc(Cl)c1. The van der Waals surface area contributed by atoms with Crippen molar-refractivity contribution >= 4 is 34.8 Å². The lowest BCUT2D eigenvalue weighted by molar-refractivity contribution is -0.123. The van der Waals surface area contributed by atoms with Crippen molar-refractivity contribution in [1.82, 2.24) is 10.6 Å². The number of nitrogens with one attached hydrogen (secondary N) is 2. The molecule has 0 bridgehead atoms. The Morgan fingerprint density at radius 1 is 1.00 bits per heavy atom. The van der Waals surface area contributed by atoms with Crippen LogP contribution in [0.15, 0.2) is 72.1 Å². The van der Waals surface area contributed by atoms with E-state index in [2.05, 4.69) is 10.6 Å². The van der Waals surface area contributed by atoms with Gasteiger partial charge in [-0.15, -0.1) is 11.3 Å². The number of amides is 2. The Morgan fingerprint density at radius 2 is 1.79 bits per heavy atom. The predicted molar refractivity (Wildman–Crippen MR) is 114 cm³/mol. The molecular formula is C22H21ClN2O2S. The average molecular weight is 413 g/mol. The molecule has 28 heavy (non-hydrogen) atoms. The second kappa shape index (κ2) is 9.53. The first-order valence-electron chi connectivity index (χ1n) is 8.97. The molecule has 3 aromatic rings. The van der Waals surface area contributed by atoms with Crippen LogP contribution < -0.4 is 10.6 Å². The minimum Gasteiger partial charge on any atom is -0.348 e. The van der Waals surface area contributed by atoms with Crippen molar-refractivity contribution in [2.75, 3.05) is 0 Å². The summed E-state index contributed by atoms with van der Waals surface area (Å²) < 4.78 is 0. The zero-order chi connectivity index (χ0) is 19.9. The number of carbonyl (C=O) groups excluding carboxylic acids is 2. The average Bonchev–Trinajstić information content (AvgIpc) is 3.23. The molecule has 0 aliphatic heterocycles. The highest BCUT2D eigenvalue weighted by molar-refractivity contribution is 7.12. The molecule has 2 aromatic carbocycles. The molecule has 3 rings (SSSR count). The molecule has 2 amide bonds. The zero-order valence-electron chi connectivity index (χ0n) is 15.4. The van der Waals surface area contributed by atoms with E-state index in [0.29, 0.717) is 16.3 Å². The molecule has 0 fully saturated rings. The van der Waals surface area contributed by atoms with E-state index in [0.717, 1.165) is 11.1 Å². The number of thiophene rings is 1. The summed E-state index contributed by atoms with van der Waals surface area (Å²) >= 11 is 7.40. The van der Waals surface area contributed by atoms with Gasteiger partial charge in [-0.2, -0.15) is 0 Å². The van der Waals surface area contributed by atoms with E-state index in [1.807, 2.05) is 66.9 Å². The van der Waals surface area contributed by atoms with Gasteiger partial charge in [0.2, 0.25) is 5.91 Å². The van der Waals surface area contributed by atoms with Crippen molar-refractivity contribution in [3.8, 4) is 0 Å². The fraction of sp³-hybridized carbons (Fsp3) is 0.182. The maximum Gasteiger partial charge on any atom is 0.262 e. The normalized spacial score (nSPS) is 12.8. The predicted octanol–water partition coefficient (Wildman–Crippen LogP) is 4.62. The standard InChI is InChI=1S/C22H21ClN2O2S/c1-15(17-9-5-10-18(23)14-17)24-21(26)19(13-16-7-3-2-4-8-16)25-22(27)20-11-6-12-28-20/h2-12,14-15,19H,13H2,1H3,(H,24,26)(H,25,27)/t15?,19-/m0/s1. The third kappa shape index (κ3) is 5.44. The van der Waals surface area contributed by atoms with E-state index < -0.39 is 6.04 Å². The molecule has 2 atom stereocenters. The molecule has 1 heterocycles. The Morgan fingerprint density at radius 3 is 2.46 bits per heavy atom. The van der Waals surface area contributed by atoms with E-state index in [1.165, 1.54) is 11.3 Å². The summed E-state index contributed by atoms with van der Waals surface area (Å²) in [6, 6.07) is 19.6. The molecule has 2 N–H and O–H groups in total. The lowest BCUT2D eigenvalue weighted by Crippen LogP contribution is -2.48. The third-order valence-electron chi connectivity index (χ3n) is 4.36. The van der Waals surface area contributed by atoms with Crippen LogP contribution in [0.25, 0.3) is 0 Å². The maximum atomic E-state index is 13.0. The van der Waals surface area contributed by atoms with Crippen molar-refractivity contribution in [2.24, 2.45) is 0 Å². The van der Waals surface area contributed by atoms with Crippen LogP contribution in [0.4, 0.5) is 0 Å². The van der Waals surface area contributed by atoms with Crippen LogP contribution in [0, 0.1) is 0 Å². The van der Waals surface area contributed by atoms with Crippen LogP contribution in [-0.2, 0) is 11.2 Å². The van der Waals surface area contributed by atoms with Crippen LogP contribution in [0.3, 0.4) is 0 Å². The highest BCUT2D eigenvalue weighted by Crippen LogP contribution is 2.18. The van der Waals surface area contributed by atoms with Crippen molar-refractivity contribution in [1.29, 1.82) is 0 Å². The van der Waals surface area contributed by atoms with E-state index in [4.69, 9.17) is 11.6 Å².